The first kappa shape index (κ1) is 22.3. The molecule has 2 atom stereocenters. The molecule has 1 aliphatic heterocycles. The number of nitrogens with one attached hydrogen (secondary N) is 2. The van der Waals surface area contributed by atoms with Crippen molar-refractivity contribution in [3.8, 4) is 0 Å². The third-order valence-electron chi connectivity index (χ3n) is 4.29. The van der Waals surface area contributed by atoms with Crippen LogP contribution in [0.25, 0.3) is 0 Å². The van der Waals surface area contributed by atoms with Crippen molar-refractivity contribution in [2.24, 2.45) is 5.92 Å². The number of carbonyl (C=O) groups excluding carboxylic acids is 1. The molecular formula is C20H30ClN3OS2. The standard InChI is InChI=1S/C20H30ClN3OS2/c1-12(2)16-24(15(25)13-8-10-14(21)11-9-13)17(20(6,7)27-16)22-18(26)23-19(3,4)5/h8-12,16-17H,1-7H3,(H2,22,23,26). The van der Waals surface area contributed by atoms with E-state index in [2.05, 4.69) is 59.1 Å². The van der Waals surface area contributed by atoms with Crippen molar-refractivity contribution in [1.82, 2.24) is 15.5 Å². The second-order valence-corrected chi connectivity index (χ2v) is 11.4. The SMILES string of the molecule is CC(C)C1SC(C)(C)C(NC(=S)NC(C)(C)C)N1C(=O)c1ccc(Cl)cc1. The van der Waals surface area contributed by atoms with Gasteiger partial charge in [0.15, 0.2) is 5.11 Å². The van der Waals surface area contributed by atoms with Gasteiger partial charge in [0.2, 0.25) is 0 Å². The molecule has 1 aliphatic rings. The van der Waals surface area contributed by atoms with Crippen LogP contribution in [0.2, 0.25) is 5.02 Å². The molecule has 1 fully saturated rings. The van der Waals surface area contributed by atoms with Gasteiger partial charge in [0.25, 0.3) is 5.91 Å². The summed E-state index contributed by atoms with van der Waals surface area (Å²) in [5.41, 5.74) is 0.479. The number of hydrogen-bond acceptors (Lipinski definition) is 3. The molecule has 0 radical (unpaired) electrons. The van der Waals surface area contributed by atoms with Gasteiger partial charge in [0.1, 0.15) is 6.17 Å². The summed E-state index contributed by atoms with van der Waals surface area (Å²) >= 11 is 13.3. The molecule has 1 saturated heterocycles. The molecular weight excluding hydrogens is 398 g/mol. The molecule has 2 N–H and O–H groups in total. The smallest absolute Gasteiger partial charge is 0.256 e. The number of nitrogens with zero attached hydrogens (tertiary/aromatic N) is 1. The lowest BCUT2D eigenvalue weighted by atomic mass is 10.1. The molecule has 1 aromatic carbocycles. The van der Waals surface area contributed by atoms with Crippen molar-refractivity contribution in [2.45, 2.75) is 70.3 Å². The van der Waals surface area contributed by atoms with Gasteiger partial charge < -0.3 is 15.5 Å². The maximum Gasteiger partial charge on any atom is 0.256 e. The minimum absolute atomic E-state index is 0.0144. The molecule has 1 heterocycles. The first-order chi connectivity index (χ1) is 12.3. The van der Waals surface area contributed by atoms with Crippen LogP contribution in [0.5, 0.6) is 0 Å². The molecule has 0 aliphatic carbocycles. The Hall–Kier alpha value is -0.980. The fraction of sp³-hybridized carbons (Fsp3) is 0.600. The Labute approximate surface area is 177 Å². The Bertz CT molecular complexity index is 698. The molecule has 0 spiro atoms. The lowest BCUT2D eigenvalue weighted by molar-refractivity contribution is 0.0603. The largest absolute Gasteiger partial charge is 0.358 e. The Morgan fingerprint density at radius 3 is 2.30 bits per heavy atom. The van der Waals surface area contributed by atoms with Crippen LogP contribution in [0, 0.1) is 5.92 Å². The maximum atomic E-state index is 13.4. The van der Waals surface area contributed by atoms with E-state index in [4.69, 9.17) is 23.8 Å². The second kappa shape index (κ2) is 8.18. The van der Waals surface area contributed by atoms with E-state index in [9.17, 15) is 4.79 Å². The van der Waals surface area contributed by atoms with Gasteiger partial charge >= 0.3 is 0 Å². The Balaban J connectivity index is 2.35. The second-order valence-electron chi connectivity index (χ2n) is 8.83. The van der Waals surface area contributed by atoms with E-state index < -0.39 is 0 Å². The number of rotatable bonds is 3. The number of halogens is 1. The van der Waals surface area contributed by atoms with Crippen molar-refractivity contribution in [1.29, 1.82) is 0 Å². The Morgan fingerprint density at radius 2 is 1.81 bits per heavy atom. The lowest BCUT2D eigenvalue weighted by Gasteiger charge is -2.36. The molecule has 7 heteroatoms. The Morgan fingerprint density at radius 1 is 1.26 bits per heavy atom. The summed E-state index contributed by atoms with van der Waals surface area (Å²) in [6.45, 7) is 14.8. The van der Waals surface area contributed by atoms with E-state index in [0.717, 1.165) is 0 Å². The number of carbonyl (C=O) groups is 1. The normalized spacial score (nSPS) is 22.0. The van der Waals surface area contributed by atoms with Gasteiger partial charge in [-0.25, -0.2) is 0 Å². The molecule has 2 rings (SSSR count). The highest BCUT2D eigenvalue weighted by Gasteiger charge is 2.51. The van der Waals surface area contributed by atoms with Crippen molar-refractivity contribution in [2.75, 3.05) is 0 Å². The Kier molecular flexibility index (Phi) is 6.76. The van der Waals surface area contributed by atoms with Crippen LogP contribution >= 0.6 is 35.6 Å². The molecule has 0 bridgehead atoms. The molecule has 150 valence electrons. The van der Waals surface area contributed by atoms with Gasteiger partial charge in [-0.15, -0.1) is 11.8 Å². The number of thioether (sulfide) groups is 1. The first-order valence-electron chi connectivity index (χ1n) is 9.16. The summed E-state index contributed by atoms with van der Waals surface area (Å²) in [7, 11) is 0. The third-order valence-corrected chi connectivity index (χ3v) is 6.60. The fourth-order valence-electron chi connectivity index (χ4n) is 3.09. The van der Waals surface area contributed by atoms with Crippen molar-refractivity contribution in [3.05, 3.63) is 34.9 Å². The molecule has 1 aromatic rings. The van der Waals surface area contributed by atoms with Crippen LogP contribution < -0.4 is 10.6 Å². The number of hydrogen-bond donors (Lipinski definition) is 2. The first-order valence-corrected chi connectivity index (χ1v) is 10.8. The van der Waals surface area contributed by atoms with E-state index in [1.165, 1.54) is 0 Å². The van der Waals surface area contributed by atoms with E-state index in [0.29, 0.717) is 21.6 Å². The van der Waals surface area contributed by atoms with Gasteiger partial charge in [-0.1, -0.05) is 25.4 Å². The molecule has 27 heavy (non-hydrogen) atoms. The summed E-state index contributed by atoms with van der Waals surface area (Å²) in [6, 6.07) is 7.06. The molecule has 0 aromatic heterocycles. The molecule has 4 nitrogen and oxygen atoms in total. The minimum Gasteiger partial charge on any atom is -0.358 e. The van der Waals surface area contributed by atoms with Gasteiger partial charge in [0.05, 0.1) is 10.1 Å². The summed E-state index contributed by atoms with van der Waals surface area (Å²) < 4.78 is -0.194. The highest BCUT2D eigenvalue weighted by molar-refractivity contribution is 8.01. The van der Waals surface area contributed by atoms with Gasteiger partial charge in [-0.3, -0.25) is 4.79 Å². The predicted molar refractivity (Wildman–Crippen MR) is 120 cm³/mol. The van der Waals surface area contributed by atoms with Crippen LogP contribution in [-0.2, 0) is 0 Å². The van der Waals surface area contributed by atoms with Crippen molar-refractivity contribution >= 4 is 46.6 Å². The highest BCUT2D eigenvalue weighted by atomic mass is 35.5. The van der Waals surface area contributed by atoms with E-state index in [1.54, 1.807) is 24.3 Å². The lowest BCUT2D eigenvalue weighted by Crippen LogP contribution is -2.60. The predicted octanol–water partition coefficient (Wildman–Crippen LogP) is 4.88. The van der Waals surface area contributed by atoms with Gasteiger partial charge in [-0.2, -0.15) is 0 Å². The van der Waals surface area contributed by atoms with E-state index >= 15 is 0 Å². The van der Waals surface area contributed by atoms with Crippen LogP contribution in [0.15, 0.2) is 24.3 Å². The zero-order valence-electron chi connectivity index (χ0n) is 17.1. The molecule has 2 unspecified atom stereocenters. The zero-order valence-corrected chi connectivity index (χ0v) is 19.5. The van der Waals surface area contributed by atoms with Crippen LogP contribution in [0.4, 0.5) is 0 Å². The topological polar surface area (TPSA) is 44.4 Å². The summed E-state index contributed by atoms with van der Waals surface area (Å²) in [5.74, 6) is 0.293. The third kappa shape index (κ3) is 5.52. The summed E-state index contributed by atoms with van der Waals surface area (Å²) in [4.78, 5) is 15.3. The van der Waals surface area contributed by atoms with Gasteiger partial charge in [-0.05, 0) is 77.0 Å². The van der Waals surface area contributed by atoms with Crippen LogP contribution in [0.3, 0.4) is 0 Å². The van der Waals surface area contributed by atoms with Crippen molar-refractivity contribution in [3.63, 3.8) is 0 Å². The summed E-state index contributed by atoms with van der Waals surface area (Å²) in [6.07, 6.45) is -0.222. The average Bonchev–Trinajstić information content (AvgIpc) is 2.77. The minimum atomic E-state index is -0.222. The number of benzene rings is 1. The zero-order chi connectivity index (χ0) is 20.6. The number of amides is 1. The van der Waals surface area contributed by atoms with Crippen LogP contribution in [-0.4, -0.2) is 37.7 Å². The molecule has 0 saturated carbocycles. The maximum absolute atomic E-state index is 13.4. The van der Waals surface area contributed by atoms with E-state index in [-0.39, 0.29) is 27.7 Å². The average molecular weight is 428 g/mol. The van der Waals surface area contributed by atoms with E-state index in [1.807, 2.05) is 16.7 Å². The highest BCUT2D eigenvalue weighted by Crippen LogP contribution is 2.46. The quantitative estimate of drug-likeness (QED) is 0.673. The fourth-order valence-corrected chi connectivity index (χ4v) is 5.16. The summed E-state index contributed by atoms with van der Waals surface area (Å²) in [5, 5.41) is 7.92. The van der Waals surface area contributed by atoms with Crippen LogP contribution in [0.1, 0.15) is 58.8 Å². The number of thiocarbonyl (C=S) groups is 1. The monoisotopic (exact) mass is 427 g/mol. The van der Waals surface area contributed by atoms with Crippen molar-refractivity contribution < 1.29 is 4.79 Å². The molecule has 1 amide bonds. The van der Waals surface area contributed by atoms with Gasteiger partial charge in [0, 0.05) is 16.1 Å².